The number of benzene rings is 2. The number of methoxy groups -OCH3 is 1. The van der Waals surface area contributed by atoms with E-state index in [1.54, 1.807) is 19.9 Å². The van der Waals surface area contributed by atoms with Gasteiger partial charge in [-0.3, -0.25) is 4.79 Å². The van der Waals surface area contributed by atoms with Crippen molar-refractivity contribution < 1.29 is 32.6 Å². The van der Waals surface area contributed by atoms with Crippen molar-refractivity contribution >= 4 is 27.6 Å². The maximum Gasteiger partial charge on any atom is 0.356 e. The Morgan fingerprint density at radius 2 is 1.85 bits per heavy atom. The number of nitrogens with zero attached hydrogens (tertiary/aromatic N) is 2. The predicted octanol–water partition coefficient (Wildman–Crippen LogP) is 4.59. The number of aromatic carboxylic acids is 1. The number of carbonyl (C=O) groups excluding carboxylic acids is 1. The van der Waals surface area contributed by atoms with E-state index in [9.17, 15) is 23.1 Å². The summed E-state index contributed by atoms with van der Waals surface area (Å²) in [5.41, 5.74) is 2.68. The van der Waals surface area contributed by atoms with Crippen LogP contribution in [-0.2, 0) is 19.6 Å². The molecule has 1 unspecified atom stereocenters. The lowest BCUT2D eigenvalue weighted by atomic mass is 10.1. The van der Waals surface area contributed by atoms with Gasteiger partial charge in [0, 0.05) is 37.4 Å². The fraction of sp³-hybridized carbons (Fsp3) is 0.393. The smallest absolute Gasteiger partial charge is 0.356 e. The Balaban J connectivity index is 2.14. The summed E-state index contributed by atoms with van der Waals surface area (Å²) in [6, 6.07) is 9.85. The minimum absolute atomic E-state index is 0.0524. The van der Waals surface area contributed by atoms with Gasteiger partial charge in [0.1, 0.15) is 10.6 Å². The number of carboxylic acids is 1. The van der Waals surface area contributed by atoms with E-state index < -0.39 is 16.0 Å². The molecule has 1 atom stereocenters. The van der Waals surface area contributed by atoms with Gasteiger partial charge in [-0.1, -0.05) is 31.5 Å². The zero-order valence-corrected chi connectivity index (χ0v) is 24.4. The molecule has 40 heavy (non-hydrogen) atoms. The van der Waals surface area contributed by atoms with Crippen LogP contribution in [0.15, 0.2) is 41.3 Å². The van der Waals surface area contributed by atoms with Gasteiger partial charge in [0.25, 0.3) is 0 Å². The third-order valence-electron chi connectivity index (χ3n) is 6.44. The summed E-state index contributed by atoms with van der Waals surface area (Å²) < 4.78 is 41.9. The molecular weight excluding hydrogens is 536 g/mol. The number of aromatic nitrogens is 2. The van der Waals surface area contributed by atoms with Crippen LogP contribution in [0.1, 0.15) is 53.9 Å². The van der Waals surface area contributed by atoms with E-state index in [4.69, 9.17) is 9.47 Å². The highest BCUT2D eigenvalue weighted by Gasteiger charge is 2.27. The van der Waals surface area contributed by atoms with Crippen LogP contribution in [0.2, 0.25) is 0 Å². The van der Waals surface area contributed by atoms with Gasteiger partial charge in [-0.2, -0.15) is 9.78 Å². The zero-order valence-electron chi connectivity index (χ0n) is 23.6. The van der Waals surface area contributed by atoms with Gasteiger partial charge in [0.15, 0.2) is 5.69 Å². The van der Waals surface area contributed by atoms with Crippen LogP contribution in [0.5, 0.6) is 11.6 Å². The number of rotatable bonds is 13. The Bertz CT molecular complexity index is 1500. The van der Waals surface area contributed by atoms with Crippen LogP contribution < -0.4 is 14.8 Å². The van der Waals surface area contributed by atoms with Crippen molar-refractivity contribution in [2.24, 2.45) is 5.92 Å². The Labute approximate surface area is 234 Å². The van der Waals surface area contributed by atoms with Gasteiger partial charge in [-0.05, 0) is 63.4 Å². The van der Waals surface area contributed by atoms with E-state index in [1.165, 1.54) is 30.0 Å². The van der Waals surface area contributed by atoms with E-state index in [0.29, 0.717) is 25.1 Å². The predicted molar refractivity (Wildman–Crippen MR) is 151 cm³/mol. The molecule has 0 spiro atoms. The number of hydrogen-bond acceptors (Lipinski definition) is 7. The Hall–Kier alpha value is -3.74. The Kier molecular flexibility index (Phi) is 10.1. The lowest BCUT2D eigenvalue weighted by Crippen LogP contribution is -2.26. The number of hydrogen-bond donors (Lipinski definition) is 3. The average molecular weight is 573 g/mol. The SMILES string of the molecule is CCC(C)C(=O)Nc1ccc(Oc2c(C)c(C(=O)O)nn2-c2ccc(C)cc2C)c(S(=O)(=O)NCCCOC)c1. The summed E-state index contributed by atoms with van der Waals surface area (Å²) in [6.07, 6.45) is 1.06. The third-order valence-corrected chi connectivity index (χ3v) is 7.92. The standard InChI is InChI=1S/C28H36N4O7S/c1-7-18(3)26(33)30-21-10-12-23(24(16-21)40(36,37)29-13-8-14-38-6)39-27-20(5)25(28(34)35)31-32(27)22-11-9-17(2)15-19(22)4/h9-12,15-16,18,29H,7-8,13-14H2,1-6H3,(H,30,33)(H,34,35). The van der Waals surface area contributed by atoms with Gasteiger partial charge < -0.3 is 19.9 Å². The fourth-order valence-corrected chi connectivity index (χ4v) is 5.17. The average Bonchev–Trinajstić information content (AvgIpc) is 3.22. The molecule has 12 heteroatoms. The van der Waals surface area contributed by atoms with Gasteiger partial charge in [0.05, 0.1) is 5.69 Å². The molecule has 3 N–H and O–H groups in total. The van der Waals surface area contributed by atoms with Crippen LogP contribution in [0.25, 0.3) is 5.69 Å². The van der Waals surface area contributed by atoms with E-state index in [1.807, 2.05) is 32.9 Å². The Morgan fingerprint density at radius 1 is 1.12 bits per heavy atom. The van der Waals surface area contributed by atoms with Crippen LogP contribution >= 0.6 is 0 Å². The number of aryl methyl sites for hydroxylation is 2. The van der Waals surface area contributed by atoms with E-state index >= 15 is 0 Å². The molecule has 1 aromatic heterocycles. The highest BCUT2D eigenvalue weighted by atomic mass is 32.2. The number of sulfonamides is 1. The van der Waals surface area contributed by atoms with Crippen molar-refractivity contribution in [1.82, 2.24) is 14.5 Å². The second kappa shape index (κ2) is 13.1. The molecule has 1 heterocycles. The summed E-state index contributed by atoms with van der Waals surface area (Å²) in [5, 5.41) is 16.8. The minimum atomic E-state index is -4.12. The molecular formula is C28H36N4O7S. The normalized spacial score (nSPS) is 12.2. The molecule has 0 fully saturated rings. The van der Waals surface area contributed by atoms with Crippen LogP contribution in [0.3, 0.4) is 0 Å². The molecule has 3 rings (SSSR count). The van der Waals surface area contributed by atoms with Crippen molar-refractivity contribution in [3.8, 4) is 17.3 Å². The molecule has 0 aliphatic rings. The highest BCUT2D eigenvalue weighted by molar-refractivity contribution is 7.89. The van der Waals surface area contributed by atoms with Crippen molar-refractivity contribution in [1.29, 1.82) is 0 Å². The van der Waals surface area contributed by atoms with Crippen molar-refractivity contribution in [2.75, 3.05) is 25.6 Å². The first-order valence-corrected chi connectivity index (χ1v) is 14.4. The first-order valence-electron chi connectivity index (χ1n) is 12.9. The first-order chi connectivity index (χ1) is 18.9. The van der Waals surface area contributed by atoms with Gasteiger partial charge in [-0.15, -0.1) is 0 Å². The summed E-state index contributed by atoms with van der Waals surface area (Å²) in [6.45, 7) is 9.48. The number of carbonyl (C=O) groups is 2. The molecule has 3 aromatic rings. The number of carboxylic acid groups (broad SMARTS) is 1. The maximum absolute atomic E-state index is 13.4. The molecule has 11 nitrogen and oxygen atoms in total. The summed E-state index contributed by atoms with van der Waals surface area (Å²) in [5.74, 6) is -1.78. The lowest BCUT2D eigenvalue weighted by Gasteiger charge is -2.17. The van der Waals surface area contributed by atoms with E-state index in [0.717, 1.165) is 11.1 Å². The summed E-state index contributed by atoms with van der Waals surface area (Å²) in [7, 11) is -2.59. The second-order valence-electron chi connectivity index (χ2n) is 9.59. The van der Waals surface area contributed by atoms with E-state index in [-0.39, 0.29) is 51.8 Å². The van der Waals surface area contributed by atoms with Gasteiger partial charge >= 0.3 is 5.97 Å². The molecule has 2 aromatic carbocycles. The van der Waals surface area contributed by atoms with Crippen molar-refractivity contribution in [3.63, 3.8) is 0 Å². The highest BCUT2D eigenvalue weighted by Crippen LogP contribution is 2.36. The second-order valence-corrected chi connectivity index (χ2v) is 11.3. The largest absolute Gasteiger partial charge is 0.476 e. The van der Waals surface area contributed by atoms with E-state index in [2.05, 4.69) is 15.1 Å². The monoisotopic (exact) mass is 572 g/mol. The fourth-order valence-electron chi connectivity index (χ4n) is 3.95. The Morgan fingerprint density at radius 3 is 2.48 bits per heavy atom. The molecule has 0 aliphatic heterocycles. The number of amides is 1. The number of ether oxygens (including phenoxy) is 2. The van der Waals surface area contributed by atoms with Crippen LogP contribution in [-0.4, -0.2) is 55.4 Å². The topological polar surface area (TPSA) is 149 Å². The van der Waals surface area contributed by atoms with Crippen LogP contribution in [0, 0.1) is 26.7 Å². The molecule has 1 amide bonds. The minimum Gasteiger partial charge on any atom is -0.476 e. The zero-order chi connectivity index (χ0) is 29.6. The molecule has 0 saturated heterocycles. The summed E-state index contributed by atoms with van der Waals surface area (Å²) in [4.78, 5) is 24.2. The van der Waals surface area contributed by atoms with Gasteiger partial charge in [0.2, 0.25) is 21.8 Å². The molecule has 0 radical (unpaired) electrons. The molecule has 0 saturated carbocycles. The van der Waals surface area contributed by atoms with Crippen LogP contribution in [0.4, 0.5) is 5.69 Å². The lowest BCUT2D eigenvalue weighted by molar-refractivity contribution is -0.119. The molecule has 216 valence electrons. The maximum atomic E-state index is 13.4. The number of anilines is 1. The van der Waals surface area contributed by atoms with Crippen molar-refractivity contribution in [3.05, 3.63) is 58.8 Å². The third kappa shape index (κ3) is 7.06. The number of nitrogens with one attached hydrogen (secondary N) is 2. The summed E-state index contributed by atoms with van der Waals surface area (Å²) >= 11 is 0. The molecule has 0 aliphatic carbocycles. The van der Waals surface area contributed by atoms with Crippen molar-refractivity contribution in [2.45, 2.75) is 52.4 Å². The first kappa shape index (κ1) is 30.8. The molecule has 0 bridgehead atoms. The van der Waals surface area contributed by atoms with Gasteiger partial charge in [-0.25, -0.2) is 17.9 Å². The quantitative estimate of drug-likeness (QED) is 0.252.